The van der Waals surface area contributed by atoms with Crippen molar-refractivity contribution < 1.29 is 0 Å². The van der Waals surface area contributed by atoms with Crippen molar-refractivity contribution in [2.45, 2.75) is 56.9 Å². The number of piperidine rings is 1. The van der Waals surface area contributed by atoms with Gasteiger partial charge in [-0.3, -0.25) is 5.10 Å². The van der Waals surface area contributed by atoms with E-state index in [1.807, 2.05) is 0 Å². The Balaban J connectivity index is 1.71. The van der Waals surface area contributed by atoms with E-state index in [9.17, 15) is 0 Å². The van der Waals surface area contributed by atoms with Gasteiger partial charge in [-0.05, 0) is 32.2 Å². The highest BCUT2D eigenvalue weighted by Gasteiger charge is 2.24. The molecule has 1 aromatic heterocycles. The molecule has 1 aliphatic heterocycles. The zero-order valence-corrected chi connectivity index (χ0v) is 9.71. The second kappa shape index (κ2) is 4.53. The van der Waals surface area contributed by atoms with Crippen LogP contribution in [0.15, 0.2) is 0 Å². The summed E-state index contributed by atoms with van der Waals surface area (Å²) < 4.78 is 0. The molecule has 0 unspecified atom stereocenters. The van der Waals surface area contributed by atoms with E-state index < -0.39 is 0 Å². The van der Waals surface area contributed by atoms with Crippen LogP contribution in [0, 0.1) is 0 Å². The number of nitrogens with zero attached hydrogens (tertiary/aromatic N) is 2. The zero-order valence-electron chi connectivity index (χ0n) is 9.71. The van der Waals surface area contributed by atoms with Crippen LogP contribution in [-0.2, 0) is 0 Å². The van der Waals surface area contributed by atoms with Gasteiger partial charge in [0.25, 0.3) is 0 Å². The van der Waals surface area contributed by atoms with Crippen LogP contribution < -0.4 is 5.32 Å². The lowest BCUT2D eigenvalue weighted by Crippen LogP contribution is -2.27. The topological polar surface area (TPSA) is 53.6 Å². The summed E-state index contributed by atoms with van der Waals surface area (Å²) in [6.45, 7) is 1.12. The number of nitrogens with one attached hydrogen (secondary N) is 2. The van der Waals surface area contributed by atoms with Gasteiger partial charge in [-0.2, -0.15) is 5.10 Å². The number of aromatic nitrogens is 3. The molecule has 88 valence electrons. The summed E-state index contributed by atoms with van der Waals surface area (Å²) in [7, 11) is 0. The fourth-order valence-corrected chi connectivity index (χ4v) is 2.90. The average Bonchev–Trinajstić information content (AvgIpc) is 3.01. The van der Waals surface area contributed by atoms with Crippen LogP contribution in [0.5, 0.6) is 0 Å². The average molecular weight is 220 g/mol. The van der Waals surface area contributed by atoms with Gasteiger partial charge in [0.2, 0.25) is 0 Å². The molecule has 0 aromatic carbocycles. The molecule has 1 saturated heterocycles. The highest BCUT2D eigenvalue weighted by Crippen LogP contribution is 2.32. The van der Waals surface area contributed by atoms with E-state index in [0.29, 0.717) is 12.0 Å². The van der Waals surface area contributed by atoms with E-state index in [-0.39, 0.29) is 0 Å². The normalized spacial score (nSPS) is 27.4. The van der Waals surface area contributed by atoms with Crippen LogP contribution >= 0.6 is 0 Å². The highest BCUT2D eigenvalue weighted by molar-refractivity contribution is 5.03. The van der Waals surface area contributed by atoms with Crippen LogP contribution in [-0.4, -0.2) is 21.7 Å². The van der Waals surface area contributed by atoms with Gasteiger partial charge in [0.15, 0.2) is 5.82 Å². The third-order valence-electron chi connectivity index (χ3n) is 3.88. The molecule has 16 heavy (non-hydrogen) atoms. The molecule has 0 bridgehead atoms. The van der Waals surface area contributed by atoms with E-state index in [1.54, 1.807) is 0 Å². The number of hydrogen-bond acceptors (Lipinski definition) is 3. The molecule has 2 N–H and O–H groups in total. The van der Waals surface area contributed by atoms with Crippen LogP contribution in [0.4, 0.5) is 0 Å². The molecule has 0 radical (unpaired) electrons. The van der Waals surface area contributed by atoms with Gasteiger partial charge in [-0.1, -0.05) is 19.3 Å². The lowest BCUT2D eigenvalue weighted by atomic mass is 10.0. The third-order valence-corrected chi connectivity index (χ3v) is 3.88. The van der Waals surface area contributed by atoms with Gasteiger partial charge in [-0.25, -0.2) is 4.98 Å². The van der Waals surface area contributed by atoms with E-state index in [4.69, 9.17) is 0 Å². The second-order valence-electron chi connectivity index (χ2n) is 5.06. The van der Waals surface area contributed by atoms with Crippen molar-refractivity contribution in [3.63, 3.8) is 0 Å². The summed E-state index contributed by atoms with van der Waals surface area (Å²) in [4.78, 5) is 4.69. The van der Waals surface area contributed by atoms with Crippen LogP contribution in [0.1, 0.15) is 68.6 Å². The number of hydrogen-bond donors (Lipinski definition) is 2. The SMILES string of the molecule is C1CC[C@H](c2nc(C3CCCC3)n[nH]2)NC1. The maximum absolute atomic E-state index is 4.69. The first-order chi connectivity index (χ1) is 7.93. The molecule has 2 aliphatic rings. The van der Waals surface area contributed by atoms with Gasteiger partial charge < -0.3 is 5.32 Å². The Morgan fingerprint density at radius 1 is 1.00 bits per heavy atom. The van der Waals surface area contributed by atoms with Crippen LogP contribution in [0.2, 0.25) is 0 Å². The maximum atomic E-state index is 4.69. The summed E-state index contributed by atoms with van der Waals surface area (Å²) in [6, 6.07) is 0.413. The minimum absolute atomic E-state index is 0.413. The molecule has 3 rings (SSSR count). The first-order valence-electron chi connectivity index (χ1n) is 6.59. The van der Waals surface area contributed by atoms with Crippen molar-refractivity contribution in [1.29, 1.82) is 0 Å². The molecule has 2 heterocycles. The van der Waals surface area contributed by atoms with Crippen molar-refractivity contribution in [2.75, 3.05) is 6.54 Å². The lowest BCUT2D eigenvalue weighted by molar-refractivity contribution is 0.398. The third kappa shape index (κ3) is 1.98. The Bertz CT molecular complexity index is 335. The van der Waals surface area contributed by atoms with Crippen molar-refractivity contribution in [3.05, 3.63) is 11.6 Å². The zero-order chi connectivity index (χ0) is 10.8. The molecule has 2 fully saturated rings. The quantitative estimate of drug-likeness (QED) is 0.804. The van der Waals surface area contributed by atoms with Gasteiger partial charge in [0.1, 0.15) is 5.82 Å². The van der Waals surface area contributed by atoms with Crippen molar-refractivity contribution in [1.82, 2.24) is 20.5 Å². The molecule has 4 heteroatoms. The molecule has 1 saturated carbocycles. The summed E-state index contributed by atoms with van der Waals surface area (Å²) >= 11 is 0. The highest BCUT2D eigenvalue weighted by atomic mass is 15.2. The Morgan fingerprint density at radius 2 is 1.81 bits per heavy atom. The Labute approximate surface area is 96.2 Å². The van der Waals surface area contributed by atoms with Crippen molar-refractivity contribution >= 4 is 0 Å². The molecule has 1 aliphatic carbocycles. The first kappa shape index (κ1) is 10.3. The lowest BCUT2D eigenvalue weighted by Gasteiger charge is -2.20. The van der Waals surface area contributed by atoms with E-state index >= 15 is 0 Å². The number of H-pyrrole nitrogens is 1. The smallest absolute Gasteiger partial charge is 0.153 e. The summed E-state index contributed by atoms with van der Waals surface area (Å²) in [5, 5.41) is 11.0. The Morgan fingerprint density at radius 3 is 2.56 bits per heavy atom. The summed E-state index contributed by atoms with van der Waals surface area (Å²) in [5.74, 6) is 2.73. The largest absolute Gasteiger partial charge is 0.307 e. The molecule has 1 aromatic rings. The van der Waals surface area contributed by atoms with Crippen molar-refractivity contribution in [2.24, 2.45) is 0 Å². The van der Waals surface area contributed by atoms with Crippen molar-refractivity contribution in [3.8, 4) is 0 Å². The molecule has 1 atom stereocenters. The molecule has 0 amide bonds. The van der Waals surface area contributed by atoms with Gasteiger partial charge in [-0.15, -0.1) is 0 Å². The van der Waals surface area contributed by atoms with E-state index in [2.05, 4.69) is 20.5 Å². The monoisotopic (exact) mass is 220 g/mol. The maximum Gasteiger partial charge on any atom is 0.153 e. The minimum Gasteiger partial charge on any atom is -0.307 e. The van der Waals surface area contributed by atoms with Gasteiger partial charge in [0.05, 0.1) is 6.04 Å². The predicted octanol–water partition coefficient (Wildman–Crippen LogP) is 2.28. The number of rotatable bonds is 2. The standard InChI is InChI=1S/C12H20N4/c1-2-6-9(5-1)11-14-12(16-15-11)10-7-3-4-8-13-10/h9-10,13H,1-8H2,(H,14,15,16)/t10-/m1/s1. The molecule has 0 spiro atoms. The Kier molecular flexibility index (Phi) is 2.91. The summed E-state index contributed by atoms with van der Waals surface area (Å²) in [6.07, 6.45) is 9.02. The fourth-order valence-electron chi connectivity index (χ4n) is 2.90. The number of aromatic amines is 1. The van der Waals surface area contributed by atoms with Gasteiger partial charge in [0, 0.05) is 5.92 Å². The summed E-state index contributed by atoms with van der Waals surface area (Å²) in [5.41, 5.74) is 0. The Hall–Kier alpha value is -0.900. The predicted molar refractivity (Wildman–Crippen MR) is 62.2 cm³/mol. The molecular formula is C12H20N4. The minimum atomic E-state index is 0.413. The first-order valence-corrected chi connectivity index (χ1v) is 6.59. The van der Waals surface area contributed by atoms with E-state index in [0.717, 1.165) is 18.2 Å². The van der Waals surface area contributed by atoms with E-state index in [1.165, 1.54) is 44.9 Å². The second-order valence-corrected chi connectivity index (χ2v) is 5.06. The molecular weight excluding hydrogens is 200 g/mol. The van der Waals surface area contributed by atoms with Crippen LogP contribution in [0.3, 0.4) is 0 Å². The molecule has 4 nitrogen and oxygen atoms in total. The fraction of sp³-hybridized carbons (Fsp3) is 0.833. The van der Waals surface area contributed by atoms with Crippen LogP contribution in [0.25, 0.3) is 0 Å². The van der Waals surface area contributed by atoms with Gasteiger partial charge >= 0.3 is 0 Å².